The van der Waals surface area contributed by atoms with Crippen LogP contribution in [0.5, 0.6) is 0 Å². The lowest BCUT2D eigenvalue weighted by Crippen LogP contribution is -2.34. The first-order chi connectivity index (χ1) is 29.9. The quantitative estimate of drug-likeness (QED) is 0.0129. The molecule has 6 N–H and O–H groups in total. The van der Waals surface area contributed by atoms with E-state index in [1.807, 2.05) is 61.6 Å². The fourth-order valence-electron chi connectivity index (χ4n) is 4.91. The van der Waals surface area contributed by atoms with Crippen molar-refractivity contribution in [3.63, 3.8) is 0 Å². The number of aliphatic hydroxyl groups is 2. The van der Waals surface area contributed by atoms with Crippen molar-refractivity contribution >= 4 is 25.7 Å². The maximum Gasteiger partial charge on any atom is 0.472 e. The molecule has 13 nitrogen and oxygen atoms in total. The molecule has 0 fully saturated rings. The van der Waals surface area contributed by atoms with Gasteiger partial charge in [-0.3, -0.25) is 23.4 Å². The maximum absolute atomic E-state index is 12.6. The van der Waals surface area contributed by atoms with Crippen LogP contribution in [-0.2, 0) is 37.5 Å². The van der Waals surface area contributed by atoms with Crippen molar-refractivity contribution < 1.29 is 57.7 Å². The van der Waals surface area contributed by atoms with Gasteiger partial charge in [-0.05, 0) is 77.0 Å². The zero-order chi connectivity index (χ0) is 45.9. The van der Waals surface area contributed by atoms with Crippen LogP contribution in [0.1, 0.15) is 117 Å². The fourth-order valence-corrected chi connectivity index (χ4v) is 5.69. The van der Waals surface area contributed by atoms with E-state index in [2.05, 4.69) is 47.9 Å². The van der Waals surface area contributed by atoms with E-state index in [0.29, 0.717) is 38.5 Å². The van der Waals surface area contributed by atoms with Gasteiger partial charge < -0.3 is 35.4 Å². The van der Waals surface area contributed by atoms with Gasteiger partial charge in [-0.15, -0.1) is 0 Å². The number of aliphatic hydroxyl groups excluding tert-OH is 2. The largest absolute Gasteiger partial charge is 0.480 e. The molecule has 0 heterocycles. The van der Waals surface area contributed by atoms with E-state index in [0.717, 1.165) is 32.1 Å². The summed E-state index contributed by atoms with van der Waals surface area (Å²) in [6.07, 6.45) is 47.7. The summed E-state index contributed by atoms with van der Waals surface area (Å²) in [4.78, 5) is 46.0. The first-order valence-corrected chi connectivity index (χ1v) is 23.3. The molecule has 0 amide bonds. The average Bonchev–Trinajstić information content (AvgIpc) is 3.24. The van der Waals surface area contributed by atoms with Crippen molar-refractivity contribution in [3.8, 4) is 0 Å². The third-order valence-corrected chi connectivity index (χ3v) is 9.32. The highest BCUT2D eigenvalue weighted by Crippen LogP contribution is 2.43. The number of phosphoric ester groups is 1. The van der Waals surface area contributed by atoms with Gasteiger partial charge >= 0.3 is 25.7 Å². The summed E-state index contributed by atoms with van der Waals surface area (Å²) in [6.45, 7) is 2.30. The Morgan fingerprint density at radius 2 is 1.16 bits per heavy atom. The number of carbonyl (C=O) groups excluding carboxylic acids is 2. The summed E-state index contributed by atoms with van der Waals surface area (Å²) in [5.74, 6) is -2.68. The normalized spacial score (nSPS) is 15.8. The molecule has 0 aliphatic heterocycles. The van der Waals surface area contributed by atoms with Crippen molar-refractivity contribution in [3.05, 3.63) is 122 Å². The second-order valence-corrected chi connectivity index (χ2v) is 15.6. The first-order valence-electron chi connectivity index (χ1n) is 21.8. The van der Waals surface area contributed by atoms with Crippen LogP contribution in [0, 0.1) is 0 Å². The average molecular weight is 888 g/mol. The van der Waals surface area contributed by atoms with Gasteiger partial charge in [0, 0.05) is 12.8 Å². The summed E-state index contributed by atoms with van der Waals surface area (Å²) in [5, 5.41) is 28.9. The van der Waals surface area contributed by atoms with Gasteiger partial charge in [0.2, 0.25) is 0 Å². The molecule has 0 aromatic heterocycles. The molecule has 0 aromatic rings. The van der Waals surface area contributed by atoms with Crippen molar-refractivity contribution in [2.75, 3.05) is 19.8 Å². The monoisotopic (exact) mass is 887 g/mol. The minimum absolute atomic E-state index is 0.0448. The standard InChI is InChI=1S/C48H74NO12P/c1-3-5-7-8-9-10-11-12-13-14-15-16-17-18-22-25-31-37-46(52)58-39-44(40-59-62(56,57)60-41-45(49)48(54)55)61-47(53)38-32-26-30-36-43(51)35-29-24-21-19-20-23-28-34-42(50)33-27-6-4-2/h6,9-10,12-13,15-16,18,20-24,27-30,34-36,42-45,50-51H,3-5,7-8,11,14,17,19,25-26,31-33,37-41,49H2,1-2H3,(H,54,55)(H,56,57)/b10-9-,13-12-,16-15-,22-18-,23-20-,24-21-,27-6-,34-28+,35-29+,36-30-/t42-,43-,44+,45-/m0/s1. The first kappa shape index (κ1) is 57.8. The van der Waals surface area contributed by atoms with Crippen molar-refractivity contribution in [1.82, 2.24) is 0 Å². The number of phosphoric acid groups is 1. The summed E-state index contributed by atoms with van der Waals surface area (Å²) in [6, 6.07) is -1.57. The number of ether oxygens (including phenoxy) is 2. The van der Waals surface area contributed by atoms with E-state index < -0.39 is 69.9 Å². The summed E-state index contributed by atoms with van der Waals surface area (Å²) < 4.78 is 32.5. The van der Waals surface area contributed by atoms with Crippen LogP contribution in [0.15, 0.2) is 122 Å². The Bertz CT molecular complexity index is 1540. The lowest BCUT2D eigenvalue weighted by Gasteiger charge is -2.20. The van der Waals surface area contributed by atoms with Crippen LogP contribution < -0.4 is 5.73 Å². The molecule has 0 aliphatic rings. The molecule has 0 saturated heterocycles. The van der Waals surface area contributed by atoms with E-state index >= 15 is 0 Å². The highest BCUT2D eigenvalue weighted by atomic mass is 31.2. The highest BCUT2D eigenvalue weighted by molar-refractivity contribution is 7.47. The SMILES string of the molecule is CC/C=C\C[C@H](O)/C=C/C=C\C/C=C\C=C\[C@H](O)/C=C\CCCC(=O)O[C@H](COC(=O)CCC/C=C\C/C=C\C/C=C\C/C=C\CCCCC)COP(=O)(O)OC[C@H](N)C(=O)O. The Labute approximate surface area is 370 Å². The Morgan fingerprint density at radius 1 is 0.613 bits per heavy atom. The Morgan fingerprint density at radius 3 is 1.77 bits per heavy atom. The molecule has 0 saturated carbocycles. The number of carboxylic acids is 1. The van der Waals surface area contributed by atoms with Gasteiger partial charge in [0.05, 0.1) is 25.4 Å². The van der Waals surface area contributed by atoms with Crippen molar-refractivity contribution in [2.45, 2.75) is 141 Å². The number of carbonyl (C=O) groups is 3. The summed E-state index contributed by atoms with van der Waals surface area (Å²) in [7, 11) is -4.79. The smallest absolute Gasteiger partial charge is 0.472 e. The predicted octanol–water partition coefficient (Wildman–Crippen LogP) is 9.55. The second-order valence-electron chi connectivity index (χ2n) is 14.1. The second kappa shape index (κ2) is 40.8. The number of hydrogen-bond acceptors (Lipinski definition) is 11. The molecule has 62 heavy (non-hydrogen) atoms. The third kappa shape index (κ3) is 39.9. The van der Waals surface area contributed by atoms with E-state index in [9.17, 15) is 34.1 Å². The molecule has 0 rings (SSSR count). The molecule has 0 aromatic carbocycles. The van der Waals surface area contributed by atoms with E-state index in [1.54, 1.807) is 30.4 Å². The number of esters is 2. The van der Waals surface area contributed by atoms with Crippen molar-refractivity contribution in [1.29, 1.82) is 0 Å². The Kier molecular flexibility index (Phi) is 38.1. The molecular formula is C48H74NO12P. The van der Waals surface area contributed by atoms with Gasteiger partial charge in [0.15, 0.2) is 6.10 Å². The van der Waals surface area contributed by atoms with E-state index in [1.165, 1.54) is 19.3 Å². The van der Waals surface area contributed by atoms with Crippen LogP contribution in [0.25, 0.3) is 0 Å². The van der Waals surface area contributed by atoms with Gasteiger partial charge in [-0.25, -0.2) is 4.57 Å². The number of allylic oxidation sites excluding steroid dienone is 16. The fraction of sp³-hybridized carbons (Fsp3) is 0.521. The van der Waals surface area contributed by atoms with E-state index in [4.69, 9.17) is 24.8 Å². The van der Waals surface area contributed by atoms with Crippen molar-refractivity contribution in [2.24, 2.45) is 5.73 Å². The van der Waals surface area contributed by atoms with Gasteiger partial charge in [-0.2, -0.15) is 0 Å². The minimum Gasteiger partial charge on any atom is -0.480 e. The molecule has 5 atom stereocenters. The molecule has 0 radical (unpaired) electrons. The Balaban J connectivity index is 4.74. The molecule has 0 aliphatic carbocycles. The minimum atomic E-state index is -4.79. The molecule has 1 unspecified atom stereocenters. The highest BCUT2D eigenvalue weighted by Gasteiger charge is 2.28. The van der Waals surface area contributed by atoms with Crippen LogP contribution in [0.2, 0.25) is 0 Å². The number of unbranched alkanes of at least 4 members (excludes halogenated alkanes) is 5. The number of rotatable bonds is 38. The number of hydrogen-bond donors (Lipinski definition) is 5. The van der Waals surface area contributed by atoms with Gasteiger partial charge in [0.25, 0.3) is 0 Å². The van der Waals surface area contributed by atoms with Crippen LogP contribution in [-0.4, -0.2) is 82.3 Å². The lowest BCUT2D eigenvalue weighted by atomic mass is 10.2. The number of nitrogens with two attached hydrogens (primary N) is 1. The third-order valence-electron chi connectivity index (χ3n) is 8.37. The predicted molar refractivity (Wildman–Crippen MR) is 247 cm³/mol. The van der Waals surface area contributed by atoms with Crippen LogP contribution >= 0.6 is 7.82 Å². The zero-order valence-corrected chi connectivity index (χ0v) is 37.8. The van der Waals surface area contributed by atoms with Gasteiger partial charge in [-0.1, -0.05) is 148 Å². The summed E-state index contributed by atoms with van der Waals surface area (Å²) in [5.41, 5.74) is 5.31. The molecule has 348 valence electrons. The molecular weight excluding hydrogens is 813 g/mol. The molecule has 14 heteroatoms. The number of aliphatic carboxylic acids is 1. The Hall–Kier alpha value is -4.20. The van der Waals surface area contributed by atoms with Crippen LogP contribution in [0.4, 0.5) is 0 Å². The van der Waals surface area contributed by atoms with E-state index in [-0.39, 0.29) is 12.8 Å². The number of carboxylic acid groups (broad SMARTS) is 1. The molecule has 0 spiro atoms. The molecule has 0 bridgehead atoms. The zero-order valence-electron chi connectivity index (χ0n) is 36.9. The maximum atomic E-state index is 12.6. The summed E-state index contributed by atoms with van der Waals surface area (Å²) >= 11 is 0. The topological polar surface area (TPSA) is 212 Å². The lowest BCUT2D eigenvalue weighted by molar-refractivity contribution is -0.161. The van der Waals surface area contributed by atoms with Gasteiger partial charge in [0.1, 0.15) is 12.6 Å². The van der Waals surface area contributed by atoms with Crippen LogP contribution in [0.3, 0.4) is 0 Å².